The lowest BCUT2D eigenvalue weighted by atomic mass is 10.3. The van der Waals surface area contributed by atoms with Crippen molar-refractivity contribution in [2.45, 2.75) is 6.92 Å². The molecule has 3 heteroatoms. The summed E-state index contributed by atoms with van der Waals surface area (Å²) in [7, 11) is 0. The van der Waals surface area contributed by atoms with Crippen LogP contribution in [0.1, 0.15) is 6.92 Å². The number of hydrogen-bond acceptors (Lipinski definition) is 2. The van der Waals surface area contributed by atoms with E-state index < -0.39 is 5.83 Å². The molecule has 0 amide bonds. The monoisotopic (exact) mass is 119 g/mol. The molecule has 0 radical (unpaired) electrons. The van der Waals surface area contributed by atoms with Gasteiger partial charge in [0.2, 0.25) is 0 Å². The molecular formula is C5H10FNO. The standard InChI is InChI=1S/C5H10FNO/c1-4(3-8)5(6)2-7/h8H,2-3,7H2,1H3/b5-4+. The third-order valence-electron chi connectivity index (χ3n) is 0.879. The summed E-state index contributed by atoms with van der Waals surface area (Å²) < 4.78 is 12.1. The Morgan fingerprint density at radius 2 is 2.25 bits per heavy atom. The zero-order valence-corrected chi connectivity index (χ0v) is 4.82. The maximum Gasteiger partial charge on any atom is 0.115 e. The number of halogens is 1. The first kappa shape index (κ1) is 7.59. The summed E-state index contributed by atoms with van der Waals surface area (Å²) in [4.78, 5) is 0. The molecule has 0 bridgehead atoms. The van der Waals surface area contributed by atoms with E-state index >= 15 is 0 Å². The fourth-order valence-corrected chi connectivity index (χ4v) is 0.260. The number of hydrogen-bond donors (Lipinski definition) is 2. The summed E-state index contributed by atoms with van der Waals surface area (Å²) in [5.41, 5.74) is 5.22. The van der Waals surface area contributed by atoms with Gasteiger partial charge in [0.25, 0.3) is 0 Å². The molecule has 0 atom stereocenters. The van der Waals surface area contributed by atoms with Crippen LogP contribution < -0.4 is 5.73 Å². The first-order valence-electron chi connectivity index (χ1n) is 2.37. The van der Waals surface area contributed by atoms with Gasteiger partial charge in [0.15, 0.2) is 0 Å². The molecule has 0 aromatic heterocycles. The summed E-state index contributed by atoms with van der Waals surface area (Å²) in [6, 6.07) is 0. The van der Waals surface area contributed by atoms with Crippen LogP contribution in [0.25, 0.3) is 0 Å². The van der Waals surface area contributed by atoms with Crippen LogP contribution in [0, 0.1) is 0 Å². The van der Waals surface area contributed by atoms with Crippen LogP contribution in [0.4, 0.5) is 4.39 Å². The van der Waals surface area contributed by atoms with Gasteiger partial charge >= 0.3 is 0 Å². The van der Waals surface area contributed by atoms with Crippen molar-refractivity contribution in [2.24, 2.45) is 5.73 Å². The largest absolute Gasteiger partial charge is 0.392 e. The molecule has 3 N–H and O–H groups in total. The van der Waals surface area contributed by atoms with E-state index in [1.165, 1.54) is 6.92 Å². The van der Waals surface area contributed by atoms with E-state index in [0.29, 0.717) is 5.57 Å². The van der Waals surface area contributed by atoms with Gasteiger partial charge in [0, 0.05) is 6.54 Å². The second kappa shape index (κ2) is 3.57. The molecule has 0 spiro atoms. The molecule has 0 aromatic rings. The topological polar surface area (TPSA) is 46.2 Å². The van der Waals surface area contributed by atoms with Crippen molar-refractivity contribution in [3.8, 4) is 0 Å². The molecule has 0 rings (SSSR count). The van der Waals surface area contributed by atoms with Gasteiger partial charge in [-0.1, -0.05) is 0 Å². The van der Waals surface area contributed by atoms with Crippen LogP contribution in [-0.2, 0) is 0 Å². The summed E-state index contributed by atoms with van der Waals surface area (Å²) in [5.74, 6) is -0.424. The minimum atomic E-state index is -0.424. The number of nitrogens with two attached hydrogens (primary N) is 1. The van der Waals surface area contributed by atoms with E-state index in [2.05, 4.69) is 0 Å². The molecule has 8 heavy (non-hydrogen) atoms. The molecule has 0 aromatic carbocycles. The highest BCUT2D eigenvalue weighted by Crippen LogP contribution is 2.00. The molecule has 0 saturated carbocycles. The Labute approximate surface area is 47.8 Å². The van der Waals surface area contributed by atoms with Crippen LogP contribution in [0.2, 0.25) is 0 Å². The molecule has 0 aliphatic heterocycles. The molecule has 2 nitrogen and oxygen atoms in total. The van der Waals surface area contributed by atoms with Crippen molar-refractivity contribution in [2.75, 3.05) is 13.2 Å². The molecule has 0 aliphatic rings. The summed E-state index contributed by atoms with van der Waals surface area (Å²) in [6.45, 7) is 1.14. The highest BCUT2D eigenvalue weighted by Gasteiger charge is 1.94. The molecule has 0 fully saturated rings. The van der Waals surface area contributed by atoms with E-state index in [1.54, 1.807) is 0 Å². The number of aliphatic hydroxyl groups is 1. The van der Waals surface area contributed by atoms with Crippen molar-refractivity contribution < 1.29 is 9.50 Å². The lowest BCUT2D eigenvalue weighted by molar-refractivity contribution is 0.326. The minimum absolute atomic E-state index is 0.119. The highest BCUT2D eigenvalue weighted by atomic mass is 19.1. The zero-order valence-electron chi connectivity index (χ0n) is 4.82. The van der Waals surface area contributed by atoms with Crippen molar-refractivity contribution in [1.29, 1.82) is 0 Å². The summed E-state index contributed by atoms with van der Waals surface area (Å²) in [6.07, 6.45) is 0. The maximum absolute atomic E-state index is 12.1. The van der Waals surface area contributed by atoms with E-state index in [9.17, 15) is 4.39 Å². The second-order valence-corrected chi connectivity index (χ2v) is 1.55. The minimum Gasteiger partial charge on any atom is -0.392 e. The van der Waals surface area contributed by atoms with Crippen molar-refractivity contribution in [1.82, 2.24) is 0 Å². The van der Waals surface area contributed by atoms with Gasteiger partial charge in [-0.2, -0.15) is 0 Å². The van der Waals surface area contributed by atoms with Gasteiger partial charge in [0.1, 0.15) is 5.83 Å². The molecule has 48 valence electrons. The zero-order chi connectivity index (χ0) is 6.57. The van der Waals surface area contributed by atoms with Gasteiger partial charge in [0.05, 0.1) is 6.61 Å². The van der Waals surface area contributed by atoms with E-state index in [0.717, 1.165) is 0 Å². The van der Waals surface area contributed by atoms with Gasteiger partial charge in [-0.05, 0) is 12.5 Å². The Morgan fingerprint density at radius 1 is 1.75 bits per heavy atom. The Bertz CT molecular complexity index is 88.6. The average Bonchev–Trinajstić information content (AvgIpc) is 1.84. The Balaban J connectivity index is 3.83. The Hall–Kier alpha value is -0.410. The SMILES string of the molecule is C/C(CO)=C(\F)CN. The van der Waals surface area contributed by atoms with E-state index in [-0.39, 0.29) is 13.2 Å². The van der Waals surface area contributed by atoms with Crippen molar-refractivity contribution in [3.63, 3.8) is 0 Å². The van der Waals surface area contributed by atoms with Crippen molar-refractivity contribution in [3.05, 3.63) is 11.4 Å². The van der Waals surface area contributed by atoms with Gasteiger partial charge in [-0.25, -0.2) is 4.39 Å². The molecule has 0 saturated heterocycles. The lowest BCUT2D eigenvalue weighted by Gasteiger charge is -1.94. The van der Waals surface area contributed by atoms with Crippen LogP contribution in [0.15, 0.2) is 11.4 Å². The number of rotatable bonds is 2. The Morgan fingerprint density at radius 3 is 2.38 bits per heavy atom. The van der Waals surface area contributed by atoms with E-state index in [1.807, 2.05) is 0 Å². The fourth-order valence-electron chi connectivity index (χ4n) is 0.260. The van der Waals surface area contributed by atoms with Gasteiger partial charge in [-0.15, -0.1) is 0 Å². The van der Waals surface area contributed by atoms with Gasteiger partial charge in [-0.3, -0.25) is 0 Å². The normalized spacial score (nSPS) is 13.5. The molecule has 0 unspecified atom stereocenters. The van der Waals surface area contributed by atoms with Crippen LogP contribution in [0.3, 0.4) is 0 Å². The first-order valence-corrected chi connectivity index (χ1v) is 2.37. The quantitative estimate of drug-likeness (QED) is 0.544. The third kappa shape index (κ3) is 2.04. The number of aliphatic hydroxyl groups excluding tert-OH is 1. The third-order valence-corrected chi connectivity index (χ3v) is 0.879. The van der Waals surface area contributed by atoms with E-state index in [4.69, 9.17) is 10.8 Å². The first-order chi connectivity index (χ1) is 3.72. The predicted molar refractivity (Wildman–Crippen MR) is 29.9 cm³/mol. The molecular weight excluding hydrogens is 109 g/mol. The molecule has 0 heterocycles. The highest BCUT2D eigenvalue weighted by molar-refractivity contribution is 5.05. The smallest absolute Gasteiger partial charge is 0.115 e. The van der Waals surface area contributed by atoms with Crippen LogP contribution >= 0.6 is 0 Å². The lowest BCUT2D eigenvalue weighted by Crippen LogP contribution is -2.02. The average molecular weight is 119 g/mol. The van der Waals surface area contributed by atoms with Crippen molar-refractivity contribution >= 4 is 0 Å². The summed E-state index contributed by atoms with van der Waals surface area (Å²) in [5, 5.41) is 8.28. The maximum atomic E-state index is 12.1. The van der Waals surface area contributed by atoms with Gasteiger partial charge < -0.3 is 10.8 Å². The predicted octanol–water partition coefficient (Wildman–Crippen LogP) is 0.181. The Kier molecular flexibility index (Phi) is 3.39. The van der Waals surface area contributed by atoms with Crippen LogP contribution in [-0.4, -0.2) is 18.3 Å². The fraction of sp³-hybridized carbons (Fsp3) is 0.600. The second-order valence-electron chi connectivity index (χ2n) is 1.55. The van der Waals surface area contributed by atoms with Crippen LogP contribution in [0.5, 0.6) is 0 Å². The summed E-state index contributed by atoms with van der Waals surface area (Å²) >= 11 is 0. The molecule has 0 aliphatic carbocycles.